The fraction of sp³-hybridized carbons (Fsp3) is 0.929. The monoisotopic (exact) mass is 288 g/mol. The van der Waals surface area contributed by atoms with Crippen molar-refractivity contribution in [2.75, 3.05) is 13.7 Å². The zero-order valence-electron chi connectivity index (χ0n) is 13.1. The van der Waals surface area contributed by atoms with Crippen molar-refractivity contribution in [3.63, 3.8) is 0 Å². The molecule has 112 valence electrons. The van der Waals surface area contributed by atoms with E-state index in [0.717, 1.165) is 12.8 Å². The predicted molar refractivity (Wildman–Crippen MR) is 77.7 cm³/mol. The lowest BCUT2D eigenvalue weighted by atomic mass is 10.1. The molecule has 0 aromatic carbocycles. The molecule has 1 heterocycles. The molecule has 0 amide bonds. The summed E-state index contributed by atoms with van der Waals surface area (Å²) < 4.78 is 16.7. The van der Waals surface area contributed by atoms with Gasteiger partial charge in [-0.15, -0.1) is 0 Å². The maximum absolute atomic E-state index is 11.2. The zero-order valence-corrected chi connectivity index (χ0v) is 14.1. The number of carbonyl (C=O) groups is 1. The molecule has 0 unspecified atom stereocenters. The van der Waals surface area contributed by atoms with Crippen molar-refractivity contribution in [1.29, 1.82) is 0 Å². The first-order valence-corrected chi connectivity index (χ1v) is 9.93. The van der Waals surface area contributed by atoms with Crippen molar-refractivity contribution in [1.82, 2.24) is 0 Å². The van der Waals surface area contributed by atoms with Crippen LogP contribution in [0.3, 0.4) is 0 Å². The first-order valence-electron chi connectivity index (χ1n) is 7.02. The normalized spacial score (nSPS) is 24.5. The van der Waals surface area contributed by atoms with E-state index in [1.54, 1.807) is 0 Å². The average Bonchev–Trinajstić information content (AvgIpc) is 2.72. The van der Waals surface area contributed by atoms with Crippen LogP contribution in [0.25, 0.3) is 0 Å². The molecule has 0 N–H and O–H groups in total. The van der Waals surface area contributed by atoms with E-state index in [0.29, 0.717) is 13.0 Å². The molecule has 1 rings (SSSR count). The van der Waals surface area contributed by atoms with Crippen LogP contribution < -0.4 is 0 Å². The zero-order chi connectivity index (χ0) is 14.7. The standard InChI is InChI=1S/C14H28O4Si/c1-14(2,3)19(5,6)17-10-12-8-7-11(18-12)9-13(15)16-4/h11-12H,7-10H2,1-6H3/t11-,12-/m0/s1. The molecule has 1 saturated heterocycles. The highest BCUT2D eigenvalue weighted by Gasteiger charge is 2.38. The van der Waals surface area contributed by atoms with E-state index >= 15 is 0 Å². The van der Waals surface area contributed by atoms with Gasteiger partial charge in [0.1, 0.15) is 0 Å². The highest BCUT2D eigenvalue weighted by Crippen LogP contribution is 2.37. The quantitative estimate of drug-likeness (QED) is 0.576. The minimum atomic E-state index is -1.70. The minimum absolute atomic E-state index is 0.000431. The third-order valence-corrected chi connectivity index (χ3v) is 8.75. The van der Waals surface area contributed by atoms with E-state index in [1.165, 1.54) is 7.11 Å². The van der Waals surface area contributed by atoms with Crippen molar-refractivity contribution in [3.8, 4) is 0 Å². The molecule has 0 saturated carbocycles. The molecule has 0 bridgehead atoms. The number of methoxy groups -OCH3 is 1. The maximum atomic E-state index is 11.2. The smallest absolute Gasteiger partial charge is 0.308 e. The number of hydrogen-bond acceptors (Lipinski definition) is 4. The third kappa shape index (κ3) is 4.89. The van der Waals surface area contributed by atoms with Gasteiger partial charge in [-0.1, -0.05) is 20.8 Å². The van der Waals surface area contributed by atoms with Crippen LogP contribution in [0.2, 0.25) is 18.1 Å². The summed E-state index contributed by atoms with van der Waals surface area (Å²) in [6, 6.07) is 0. The Kier molecular flexibility index (Phi) is 5.59. The summed E-state index contributed by atoms with van der Waals surface area (Å²) in [6.45, 7) is 11.8. The Morgan fingerprint density at radius 2 is 1.84 bits per heavy atom. The fourth-order valence-corrected chi connectivity index (χ4v) is 2.88. The van der Waals surface area contributed by atoms with Crippen molar-refractivity contribution in [2.45, 2.75) is 70.4 Å². The van der Waals surface area contributed by atoms with E-state index in [4.69, 9.17) is 9.16 Å². The third-order valence-electron chi connectivity index (χ3n) is 4.25. The van der Waals surface area contributed by atoms with Crippen LogP contribution in [0, 0.1) is 0 Å². The highest BCUT2D eigenvalue weighted by molar-refractivity contribution is 6.74. The number of carbonyl (C=O) groups excluding carboxylic acids is 1. The first kappa shape index (κ1) is 16.7. The Morgan fingerprint density at radius 1 is 1.26 bits per heavy atom. The molecule has 0 aromatic rings. The summed E-state index contributed by atoms with van der Waals surface area (Å²) in [5.41, 5.74) is 0. The summed E-state index contributed by atoms with van der Waals surface area (Å²) in [6.07, 6.45) is 2.37. The Balaban J connectivity index is 2.35. The molecule has 2 atom stereocenters. The van der Waals surface area contributed by atoms with E-state index in [1.807, 2.05) is 0 Å². The molecule has 5 heteroatoms. The van der Waals surface area contributed by atoms with E-state index < -0.39 is 8.32 Å². The molecule has 19 heavy (non-hydrogen) atoms. The Labute approximate surface area is 117 Å². The topological polar surface area (TPSA) is 44.8 Å². The van der Waals surface area contributed by atoms with Crippen molar-refractivity contribution < 1.29 is 18.7 Å². The Bertz CT molecular complexity index is 309. The molecule has 0 aliphatic carbocycles. The second kappa shape index (κ2) is 6.37. The fourth-order valence-electron chi connectivity index (χ4n) is 1.84. The van der Waals surface area contributed by atoms with Crippen LogP contribution in [-0.4, -0.2) is 40.2 Å². The largest absolute Gasteiger partial charge is 0.469 e. The van der Waals surface area contributed by atoms with Gasteiger partial charge in [-0.25, -0.2) is 0 Å². The molecular weight excluding hydrogens is 260 g/mol. The highest BCUT2D eigenvalue weighted by atomic mass is 28.4. The lowest BCUT2D eigenvalue weighted by Gasteiger charge is -2.36. The van der Waals surface area contributed by atoms with Gasteiger partial charge < -0.3 is 13.9 Å². The number of ether oxygens (including phenoxy) is 2. The molecule has 4 nitrogen and oxygen atoms in total. The van der Waals surface area contributed by atoms with Gasteiger partial charge >= 0.3 is 5.97 Å². The van der Waals surface area contributed by atoms with Crippen molar-refractivity contribution >= 4 is 14.3 Å². The molecule has 0 radical (unpaired) electrons. The molecule has 0 spiro atoms. The minimum Gasteiger partial charge on any atom is -0.469 e. The van der Waals surface area contributed by atoms with Gasteiger partial charge in [0.15, 0.2) is 8.32 Å². The summed E-state index contributed by atoms with van der Waals surface area (Å²) in [4.78, 5) is 11.2. The van der Waals surface area contributed by atoms with Gasteiger partial charge in [0.2, 0.25) is 0 Å². The molecule has 0 aromatic heterocycles. The summed E-state index contributed by atoms with van der Waals surface area (Å²) in [5.74, 6) is -0.198. The molecular formula is C14H28O4Si. The van der Waals surface area contributed by atoms with Gasteiger partial charge in [-0.3, -0.25) is 4.79 Å². The van der Waals surface area contributed by atoms with E-state index in [9.17, 15) is 4.79 Å². The molecule has 1 aliphatic rings. The van der Waals surface area contributed by atoms with E-state index in [-0.39, 0.29) is 23.2 Å². The lowest BCUT2D eigenvalue weighted by molar-refractivity contribution is -0.143. The SMILES string of the molecule is COC(=O)C[C@@H]1CC[C@@H](CO[Si](C)(C)C(C)(C)C)O1. The van der Waals surface area contributed by atoms with Crippen LogP contribution in [0.5, 0.6) is 0 Å². The lowest BCUT2D eigenvalue weighted by Crippen LogP contribution is -2.42. The average molecular weight is 288 g/mol. The number of esters is 1. The van der Waals surface area contributed by atoms with Crippen LogP contribution in [0.1, 0.15) is 40.0 Å². The van der Waals surface area contributed by atoms with Crippen LogP contribution >= 0.6 is 0 Å². The summed E-state index contributed by atoms with van der Waals surface area (Å²) in [7, 11) is -0.293. The number of hydrogen-bond donors (Lipinski definition) is 0. The van der Waals surface area contributed by atoms with Crippen LogP contribution in [0.15, 0.2) is 0 Å². The Hall–Kier alpha value is -0.393. The molecule has 1 aliphatic heterocycles. The second-order valence-corrected chi connectivity index (χ2v) is 11.6. The van der Waals surface area contributed by atoms with Gasteiger partial charge in [0.25, 0.3) is 0 Å². The Morgan fingerprint density at radius 3 is 2.37 bits per heavy atom. The van der Waals surface area contributed by atoms with Gasteiger partial charge in [-0.05, 0) is 31.0 Å². The van der Waals surface area contributed by atoms with Gasteiger partial charge in [0, 0.05) is 0 Å². The van der Waals surface area contributed by atoms with E-state index in [2.05, 4.69) is 38.6 Å². The van der Waals surface area contributed by atoms with Gasteiger partial charge in [0.05, 0.1) is 32.3 Å². The van der Waals surface area contributed by atoms with Crippen LogP contribution in [0.4, 0.5) is 0 Å². The van der Waals surface area contributed by atoms with Crippen molar-refractivity contribution in [3.05, 3.63) is 0 Å². The van der Waals surface area contributed by atoms with Crippen molar-refractivity contribution in [2.24, 2.45) is 0 Å². The summed E-state index contributed by atoms with van der Waals surface area (Å²) in [5, 5.41) is 0.219. The maximum Gasteiger partial charge on any atom is 0.308 e. The van der Waals surface area contributed by atoms with Crippen LogP contribution in [-0.2, 0) is 18.7 Å². The second-order valence-electron chi connectivity index (χ2n) is 6.81. The number of rotatable bonds is 5. The van der Waals surface area contributed by atoms with Gasteiger partial charge in [-0.2, -0.15) is 0 Å². The first-order chi connectivity index (χ1) is 8.65. The predicted octanol–water partition coefficient (Wildman–Crippen LogP) is 3.12. The summed E-state index contributed by atoms with van der Waals surface area (Å²) >= 11 is 0. The molecule has 1 fully saturated rings.